The molecule has 3 N–H and O–H groups in total. The van der Waals surface area contributed by atoms with Gasteiger partial charge in [0.15, 0.2) is 6.04 Å². The number of halogens is 1. The summed E-state index contributed by atoms with van der Waals surface area (Å²) in [6.45, 7) is 1.64. The zero-order chi connectivity index (χ0) is 15.3. The topological polar surface area (TPSA) is 89.9 Å². The van der Waals surface area contributed by atoms with Crippen molar-refractivity contribution in [1.29, 1.82) is 0 Å². The van der Waals surface area contributed by atoms with Gasteiger partial charge in [-0.15, -0.1) is 0 Å². The zero-order valence-corrected chi connectivity index (χ0v) is 12.8. The van der Waals surface area contributed by atoms with E-state index in [1.54, 1.807) is 7.05 Å². The van der Waals surface area contributed by atoms with Crippen molar-refractivity contribution in [2.75, 3.05) is 7.05 Å². The van der Waals surface area contributed by atoms with E-state index >= 15 is 0 Å². The predicted molar refractivity (Wildman–Crippen MR) is 77.2 cm³/mol. The lowest BCUT2D eigenvalue weighted by molar-refractivity contribution is -0.141. The van der Waals surface area contributed by atoms with Crippen LogP contribution in [0.2, 0.25) is 0 Å². The number of rotatable bonds is 5. The van der Waals surface area contributed by atoms with Gasteiger partial charge in [-0.05, 0) is 24.6 Å². The molecule has 0 saturated heterocycles. The van der Waals surface area contributed by atoms with Gasteiger partial charge in [0.05, 0.1) is 6.10 Å². The lowest BCUT2D eigenvalue weighted by atomic mass is 10.2. The Morgan fingerprint density at radius 3 is 2.60 bits per heavy atom. The normalized spacial score (nSPS) is 13.4. The van der Waals surface area contributed by atoms with E-state index in [0.717, 1.165) is 10.0 Å². The van der Waals surface area contributed by atoms with E-state index in [1.165, 1.54) is 11.8 Å². The monoisotopic (exact) mass is 344 g/mol. The third-order valence-electron chi connectivity index (χ3n) is 2.68. The number of hydrogen-bond acceptors (Lipinski definition) is 3. The Labute approximate surface area is 125 Å². The van der Waals surface area contributed by atoms with Crippen molar-refractivity contribution >= 4 is 27.9 Å². The molecular weight excluding hydrogens is 328 g/mol. The third-order valence-corrected chi connectivity index (χ3v) is 3.18. The van der Waals surface area contributed by atoms with E-state index < -0.39 is 24.1 Å². The molecule has 20 heavy (non-hydrogen) atoms. The molecule has 0 radical (unpaired) electrons. The highest BCUT2D eigenvalue weighted by Crippen LogP contribution is 2.13. The van der Waals surface area contributed by atoms with Gasteiger partial charge in [-0.2, -0.15) is 0 Å². The van der Waals surface area contributed by atoms with Crippen molar-refractivity contribution in [3.05, 3.63) is 34.3 Å². The molecule has 7 heteroatoms. The van der Waals surface area contributed by atoms with E-state index in [4.69, 9.17) is 5.11 Å². The van der Waals surface area contributed by atoms with Gasteiger partial charge in [-0.1, -0.05) is 28.1 Å². The second-order valence-electron chi connectivity index (χ2n) is 4.49. The summed E-state index contributed by atoms with van der Waals surface area (Å²) in [7, 11) is 1.55. The number of aliphatic carboxylic acids is 1. The van der Waals surface area contributed by atoms with Crippen LogP contribution in [0.3, 0.4) is 0 Å². The molecule has 2 unspecified atom stereocenters. The fourth-order valence-corrected chi connectivity index (χ4v) is 2.06. The first kappa shape index (κ1) is 16.5. The molecule has 0 aliphatic rings. The zero-order valence-electron chi connectivity index (χ0n) is 11.2. The van der Waals surface area contributed by atoms with Crippen molar-refractivity contribution in [2.24, 2.45) is 0 Å². The highest BCUT2D eigenvalue weighted by Gasteiger charge is 2.26. The molecule has 110 valence electrons. The number of nitrogens with one attached hydrogen (secondary N) is 1. The number of benzene rings is 1. The smallest absolute Gasteiger partial charge is 0.328 e. The molecule has 2 atom stereocenters. The predicted octanol–water partition coefficient (Wildman–Crippen LogP) is 1.42. The number of carboxylic acids is 1. The molecule has 0 bridgehead atoms. The summed E-state index contributed by atoms with van der Waals surface area (Å²) in [5.74, 6) is -1.27. The maximum atomic E-state index is 11.9. The molecule has 0 spiro atoms. The molecule has 2 amide bonds. The van der Waals surface area contributed by atoms with Crippen LogP contribution in [0.15, 0.2) is 28.7 Å². The molecule has 1 rings (SSSR count). The van der Waals surface area contributed by atoms with Crippen LogP contribution < -0.4 is 5.32 Å². The molecule has 0 aliphatic heterocycles. The van der Waals surface area contributed by atoms with Crippen LogP contribution in [0.25, 0.3) is 0 Å². The molecule has 0 fully saturated rings. The Morgan fingerprint density at radius 2 is 2.10 bits per heavy atom. The number of hydrogen-bond donors (Lipinski definition) is 3. The van der Waals surface area contributed by atoms with Crippen molar-refractivity contribution in [1.82, 2.24) is 10.2 Å². The maximum Gasteiger partial charge on any atom is 0.328 e. The summed E-state index contributed by atoms with van der Waals surface area (Å²) < 4.78 is 0.899. The molecular formula is C13H17BrN2O4. The van der Waals surface area contributed by atoms with Gasteiger partial charge in [0, 0.05) is 18.1 Å². The summed E-state index contributed by atoms with van der Waals surface area (Å²) in [5, 5.41) is 20.5. The van der Waals surface area contributed by atoms with E-state index in [9.17, 15) is 14.7 Å². The number of aliphatic hydroxyl groups is 1. The van der Waals surface area contributed by atoms with Crippen molar-refractivity contribution < 1.29 is 19.8 Å². The lowest BCUT2D eigenvalue weighted by Crippen LogP contribution is -2.51. The summed E-state index contributed by atoms with van der Waals surface area (Å²) in [6.07, 6.45) is -1.17. The van der Waals surface area contributed by atoms with Gasteiger partial charge in [0.1, 0.15) is 0 Å². The van der Waals surface area contributed by atoms with E-state index in [1.807, 2.05) is 24.3 Å². The van der Waals surface area contributed by atoms with Crippen molar-refractivity contribution in [3.63, 3.8) is 0 Å². The molecule has 0 saturated carbocycles. The Hall–Kier alpha value is -1.60. The molecule has 6 nitrogen and oxygen atoms in total. The fraction of sp³-hybridized carbons (Fsp3) is 0.385. The molecule has 0 heterocycles. The van der Waals surface area contributed by atoms with Crippen molar-refractivity contribution in [2.45, 2.75) is 25.6 Å². The van der Waals surface area contributed by atoms with Gasteiger partial charge in [-0.3, -0.25) is 0 Å². The number of urea groups is 1. The average molecular weight is 345 g/mol. The van der Waals surface area contributed by atoms with Crippen LogP contribution >= 0.6 is 15.9 Å². The quantitative estimate of drug-likeness (QED) is 0.753. The van der Waals surface area contributed by atoms with Crippen LogP contribution in [0.5, 0.6) is 0 Å². The third kappa shape index (κ3) is 4.82. The number of carbonyl (C=O) groups is 2. The second-order valence-corrected chi connectivity index (χ2v) is 5.41. The summed E-state index contributed by atoms with van der Waals surface area (Å²) >= 11 is 3.34. The minimum absolute atomic E-state index is 0.331. The first-order valence-electron chi connectivity index (χ1n) is 5.98. The van der Waals surface area contributed by atoms with Crippen LogP contribution in [0.4, 0.5) is 4.79 Å². The number of nitrogens with zero attached hydrogens (tertiary/aromatic N) is 1. The first-order valence-corrected chi connectivity index (χ1v) is 6.77. The molecule has 1 aromatic rings. The summed E-state index contributed by atoms with van der Waals surface area (Å²) in [4.78, 5) is 24.1. The highest BCUT2D eigenvalue weighted by molar-refractivity contribution is 9.10. The summed E-state index contributed by atoms with van der Waals surface area (Å²) in [5.41, 5.74) is 0.904. The standard InChI is InChI=1S/C13H17BrN2O4/c1-8(17)11(12(18)19)15-13(20)16(2)7-9-4-3-5-10(14)6-9/h3-6,8,11,17H,7H2,1-2H3,(H,15,20)(H,18,19). The van der Waals surface area contributed by atoms with Gasteiger partial charge in [0.2, 0.25) is 0 Å². The van der Waals surface area contributed by atoms with Gasteiger partial charge in [-0.25, -0.2) is 9.59 Å². The molecule has 0 aliphatic carbocycles. The number of carboxylic acid groups (broad SMARTS) is 1. The largest absolute Gasteiger partial charge is 0.480 e. The number of aliphatic hydroxyl groups excluding tert-OH is 1. The average Bonchev–Trinajstić information content (AvgIpc) is 2.34. The van der Waals surface area contributed by atoms with Crippen LogP contribution in [-0.4, -0.2) is 46.3 Å². The maximum absolute atomic E-state index is 11.9. The van der Waals surface area contributed by atoms with Crippen molar-refractivity contribution in [3.8, 4) is 0 Å². The minimum atomic E-state index is -1.33. The van der Waals surface area contributed by atoms with Gasteiger partial charge < -0.3 is 20.4 Å². The second kappa shape index (κ2) is 7.25. The Bertz CT molecular complexity index is 493. The SMILES string of the molecule is CC(O)C(NC(=O)N(C)Cc1cccc(Br)c1)C(=O)O. The Morgan fingerprint density at radius 1 is 1.45 bits per heavy atom. The summed E-state index contributed by atoms with van der Waals surface area (Å²) in [6, 6.07) is 5.56. The number of carbonyl (C=O) groups excluding carboxylic acids is 1. The van der Waals surface area contributed by atoms with Crippen LogP contribution in [0, 0.1) is 0 Å². The van der Waals surface area contributed by atoms with Gasteiger partial charge >= 0.3 is 12.0 Å². The van der Waals surface area contributed by atoms with E-state index in [0.29, 0.717) is 6.54 Å². The van der Waals surface area contributed by atoms with E-state index in [2.05, 4.69) is 21.2 Å². The lowest BCUT2D eigenvalue weighted by Gasteiger charge is -2.22. The Kier molecular flexibility index (Phi) is 5.97. The highest BCUT2D eigenvalue weighted by atomic mass is 79.9. The first-order chi connectivity index (χ1) is 9.31. The van der Waals surface area contributed by atoms with Crippen LogP contribution in [0.1, 0.15) is 12.5 Å². The number of amides is 2. The van der Waals surface area contributed by atoms with Gasteiger partial charge in [0.25, 0.3) is 0 Å². The fourth-order valence-electron chi connectivity index (χ4n) is 1.61. The van der Waals surface area contributed by atoms with E-state index in [-0.39, 0.29) is 0 Å². The molecule has 1 aromatic carbocycles. The molecule has 0 aromatic heterocycles. The Balaban J connectivity index is 2.65. The minimum Gasteiger partial charge on any atom is -0.480 e. The van der Waals surface area contributed by atoms with Crippen LogP contribution in [-0.2, 0) is 11.3 Å².